The molecule has 9 nitrogen and oxygen atoms in total. The summed E-state index contributed by atoms with van der Waals surface area (Å²) in [5, 5.41) is 15.4. The van der Waals surface area contributed by atoms with E-state index in [1.54, 1.807) is 31.4 Å². The molecule has 42 heavy (non-hydrogen) atoms. The lowest BCUT2D eigenvalue weighted by molar-refractivity contribution is -0.114. The van der Waals surface area contributed by atoms with Gasteiger partial charge in [-0.1, -0.05) is 50.2 Å². The first-order chi connectivity index (χ1) is 20.4. The largest absolute Gasteiger partial charge is 0.493 e. The molecule has 1 unspecified atom stereocenters. The molecule has 2 aliphatic heterocycles. The molecule has 0 spiro atoms. The van der Waals surface area contributed by atoms with Crippen LogP contribution in [0, 0.1) is 5.41 Å². The molecule has 0 aromatic heterocycles. The Morgan fingerprint density at radius 3 is 2.43 bits per heavy atom. The molecule has 5 rings (SSSR count). The smallest absolute Gasteiger partial charge is 0.283 e. The Kier molecular flexibility index (Phi) is 9.23. The number of amides is 1. The fourth-order valence-corrected chi connectivity index (χ4v) is 5.05. The van der Waals surface area contributed by atoms with Gasteiger partial charge >= 0.3 is 0 Å². The van der Waals surface area contributed by atoms with Crippen molar-refractivity contribution in [2.45, 2.75) is 26.2 Å². The summed E-state index contributed by atoms with van der Waals surface area (Å²) in [5.41, 5.74) is 2.08. The van der Waals surface area contributed by atoms with Gasteiger partial charge in [0, 0.05) is 0 Å². The fraction of sp³-hybridized carbons (Fsp3) is 0.250. The summed E-state index contributed by atoms with van der Waals surface area (Å²) in [4.78, 5) is 17.0. The van der Waals surface area contributed by atoms with E-state index in [9.17, 15) is 4.79 Å². The van der Waals surface area contributed by atoms with Gasteiger partial charge in [-0.05, 0) is 77.7 Å². The summed E-state index contributed by atoms with van der Waals surface area (Å²) in [5.74, 6) is 2.50. The fourth-order valence-electron chi connectivity index (χ4n) is 4.25. The minimum absolute atomic E-state index is 0.0548. The predicted molar refractivity (Wildman–Crippen MR) is 166 cm³/mol. The Balaban J connectivity index is 1.19. The van der Waals surface area contributed by atoms with E-state index in [0.29, 0.717) is 52.2 Å². The highest BCUT2D eigenvalue weighted by Gasteiger charge is 2.35. The average Bonchev–Trinajstić information content (AvgIpc) is 3.44. The van der Waals surface area contributed by atoms with Crippen molar-refractivity contribution in [1.29, 1.82) is 5.41 Å². The summed E-state index contributed by atoms with van der Waals surface area (Å²) >= 11 is 1.21. The van der Waals surface area contributed by atoms with Gasteiger partial charge in [0.25, 0.3) is 5.91 Å². The molecule has 2 aliphatic rings. The van der Waals surface area contributed by atoms with Gasteiger partial charge in [0.1, 0.15) is 36.4 Å². The van der Waals surface area contributed by atoms with Crippen LogP contribution < -0.4 is 18.9 Å². The second-order valence-electron chi connectivity index (χ2n) is 9.60. The molecule has 1 N–H and O–H groups in total. The second-order valence-corrected chi connectivity index (χ2v) is 10.6. The number of methoxy groups -OCH3 is 1. The predicted octanol–water partition coefficient (Wildman–Crippen LogP) is 6.36. The van der Waals surface area contributed by atoms with Gasteiger partial charge in [0.05, 0.1) is 12.7 Å². The number of fused-ring (bicyclic) bond motifs is 1. The summed E-state index contributed by atoms with van der Waals surface area (Å²) in [7, 11) is 1.55. The molecule has 3 aromatic rings. The molecule has 1 atom stereocenters. The maximum Gasteiger partial charge on any atom is 0.283 e. The Labute approximate surface area is 249 Å². The third-order valence-corrected chi connectivity index (χ3v) is 7.65. The first kappa shape index (κ1) is 28.9. The summed E-state index contributed by atoms with van der Waals surface area (Å²) in [6.07, 6.45) is 2.69. The molecule has 0 saturated heterocycles. The van der Waals surface area contributed by atoms with Gasteiger partial charge in [0.15, 0.2) is 17.3 Å². The van der Waals surface area contributed by atoms with Crippen LogP contribution in [0.5, 0.6) is 23.0 Å². The molecule has 0 aliphatic carbocycles. The van der Waals surface area contributed by atoms with Crippen molar-refractivity contribution in [1.82, 2.24) is 5.01 Å². The number of amidine groups is 2. The Bertz CT molecular complexity index is 1540. The molecule has 10 heteroatoms. The zero-order chi connectivity index (χ0) is 29.5. The number of nitrogens with zero attached hydrogens (tertiary/aromatic N) is 3. The summed E-state index contributed by atoms with van der Waals surface area (Å²) < 4.78 is 23.0. The minimum atomic E-state index is -0.507. The number of carbonyl (C=O) groups excluding carboxylic acids is 1. The molecule has 3 aromatic carbocycles. The number of carbonyl (C=O) groups is 1. The molecule has 0 fully saturated rings. The van der Waals surface area contributed by atoms with Crippen molar-refractivity contribution < 1.29 is 23.7 Å². The third kappa shape index (κ3) is 6.83. The molecule has 2 heterocycles. The van der Waals surface area contributed by atoms with Crippen LogP contribution in [0.1, 0.15) is 37.3 Å². The van der Waals surface area contributed by atoms with E-state index in [2.05, 4.69) is 36.1 Å². The van der Waals surface area contributed by atoms with E-state index in [-0.39, 0.29) is 18.0 Å². The van der Waals surface area contributed by atoms with E-state index >= 15 is 0 Å². The van der Waals surface area contributed by atoms with Crippen LogP contribution in [-0.4, -0.2) is 53.9 Å². The van der Waals surface area contributed by atoms with E-state index < -0.39 is 5.91 Å². The van der Waals surface area contributed by atoms with Crippen LogP contribution in [0.15, 0.2) is 88.5 Å². The molecule has 0 saturated carbocycles. The lowest BCUT2D eigenvalue weighted by Crippen LogP contribution is -2.35. The van der Waals surface area contributed by atoms with Crippen LogP contribution in [-0.2, 0) is 4.79 Å². The quantitative estimate of drug-likeness (QED) is 0.195. The van der Waals surface area contributed by atoms with Crippen molar-refractivity contribution in [2.24, 2.45) is 10.1 Å². The van der Waals surface area contributed by atoms with Crippen molar-refractivity contribution in [3.05, 3.63) is 89.5 Å². The standard InChI is InChI=1S/C32H32N4O5S/c1-4-21(2)23-11-13-25(14-12-23)39-16-17-40-27-15-10-22(19-28(27)38-3)18-26-30(33)36-32(34-31(26)37)42-29(35-36)20-41-24-8-6-5-7-9-24/h5-15,18-19,21,33H,4,16-17,20H2,1-3H3/b26-18-,33-30?. The highest BCUT2D eigenvalue weighted by atomic mass is 32.2. The van der Waals surface area contributed by atoms with Gasteiger partial charge in [-0.25, -0.2) is 0 Å². The minimum Gasteiger partial charge on any atom is -0.493 e. The van der Waals surface area contributed by atoms with Gasteiger partial charge in [-0.3, -0.25) is 10.2 Å². The highest BCUT2D eigenvalue weighted by Crippen LogP contribution is 2.32. The number of hydrazone groups is 1. The number of hydrogen-bond donors (Lipinski definition) is 1. The lowest BCUT2D eigenvalue weighted by Gasteiger charge is -2.20. The van der Waals surface area contributed by atoms with Gasteiger partial charge in [0.2, 0.25) is 5.17 Å². The van der Waals surface area contributed by atoms with Crippen molar-refractivity contribution >= 4 is 39.8 Å². The number of hydrogen-bond acceptors (Lipinski definition) is 8. The lowest BCUT2D eigenvalue weighted by atomic mass is 9.99. The van der Waals surface area contributed by atoms with Crippen LogP contribution in [0.3, 0.4) is 0 Å². The average molecular weight is 585 g/mol. The number of nitrogens with one attached hydrogen (secondary N) is 1. The van der Waals surface area contributed by atoms with Crippen LogP contribution in [0.4, 0.5) is 0 Å². The summed E-state index contributed by atoms with van der Waals surface area (Å²) in [6, 6.07) is 22.8. The van der Waals surface area contributed by atoms with Crippen LogP contribution in [0.25, 0.3) is 6.08 Å². The highest BCUT2D eigenvalue weighted by molar-refractivity contribution is 8.27. The number of ether oxygens (including phenoxy) is 4. The number of aliphatic imine (C=N–C) groups is 1. The molecule has 216 valence electrons. The first-order valence-corrected chi connectivity index (χ1v) is 14.5. The van der Waals surface area contributed by atoms with Gasteiger partial charge in [-0.2, -0.15) is 15.1 Å². The third-order valence-electron chi connectivity index (χ3n) is 6.77. The zero-order valence-electron chi connectivity index (χ0n) is 23.7. The molecule has 0 bridgehead atoms. The molecule has 0 radical (unpaired) electrons. The Hall–Kier alpha value is -4.57. The topological polar surface area (TPSA) is 106 Å². The van der Waals surface area contributed by atoms with Gasteiger partial charge in [-0.15, -0.1) is 0 Å². The summed E-state index contributed by atoms with van der Waals surface area (Å²) in [6.45, 7) is 5.29. The SMILES string of the molecule is CCC(C)c1ccc(OCCOc2ccc(/C=C3/C(=N)N4N=C(COc5ccccc5)SC4=NC3=O)cc2OC)cc1. The number of para-hydroxylation sites is 1. The Morgan fingerprint density at radius 2 is 1.69 bits per heavy atom. The maximum atomic E-state index is 12.8. The van der Waals surface area contributed by atoms with Crippen LogP contribution >= 0.6 is 11.8 Å². The molecule has 1 amide bonds. The van der Waals surface area contributed by atoms with E-state index in [1.807, 2.05) is 42.5 Å². The van der Waals surface area contributed by atoms with E-state index in [4.69, 9.17) is 24.4 Å². The van der Waals surface area contributed by atoms with E-state index in [0.717, 1.165) is 12.2 Å². The van der Waals surface area contributed by atoms with Crippen molar-refractivity contribution in [3.63, 3.8) is 0 Å². The van der Waals surface area contributed by atoms with Crippen molar-refractivity contribution in [2.75, 3.05) is 26.9 Å². The Morgan fingerprint density at radius 1 is 0.952 bits per heavy atom. The van der Waals surface area contributed by atoms with E-state index in [1.165, 1.54) is 22.3 Å². The monoisotopic (exact) mass is 584 g/mol. The number of benzene rings is 3. The molecular weight excluding hydrogens is 552 g/mol. The van der Waals surface area contributed by atoms with Gasteiger partial charge < -0.3 is 18.9 Å². The van der Waals surface area contributed by atoms with Crippen LogP contribution in [0.2, 0.25) is 0 Å². The number of thioether (sulfide) groups is 1. The molecular formula is C32H32N4O5S. The second kappa shape index (κ2) is 13.4. The normalized spacial score (nSPS) is 16.1. The number of rotatable bonds is 12. The zero-order valence-corrected chi connectivity index (χ0v) is 24.5. The first-order valence-electron chi connectivity index (χ1n) is 13.7. The maximum absolute atomic E-state index is 12.8. The van der Waals surface area contributed by atoms with Crippen molar-refractivity contribution in [3.8, 4) is 23.0 Å².